The van der Waals surface area contributed by atoms with Crippen molar-refractivity contribution in [2.45, 2.75) is 26.6 Å². The van der Waals surface area contributed by atoms with Crippen LogP contribution in [0.1, 0.15) is 19.4 Å². The van der Waals surface area contributed by atoms with E-state index in [1.165, 1.54) is 31.2 Å². The Morgan fingerprint density at radius 1 is 1.07 bits per heavy atom. The zero-order valence-corrected chi connectivity index (χ0v) is 15.8. The number of hydrogen-bond donors (Lipinski definition) is 1. The van der Waals surface area contributed by atoms with E-state index in [0.717, 1.165) is 0 Å². The predicted molar refractivity (Wildman–Crippen MR) is 103 cm³/mol. The molecule has 4 nitrogen and oxygen atoms in total. The number of rotatable bonds is 8. The van der Waals surface area contributed by atoms with Crippen LogP contribution in [-0.2, 0) is 16.0 Å². The van der Waals surface area contributed by atoms with Crippen LogP contribution in [0.15, 0.2) is 60.7 Å². The van der Waals surface area contributed by atoms with Gasteiger partial charge in [0.05, 0.1) is 6.61 Å². The van der Waals surface area contributed by atoms with E-state index in [1.807, 2.05) is 0 Å². The van der Waals surface area contributed by atoms with Crippen LogP contribution in [0, 0.1) is 11.6 Å². The van der Waals surface area contributed by atoms with Gasteiger partial charge in [0, 0.05) is 5.57 Å². The van der Waals surface area contributed by atoms with Gasteiger partial charge < -0.3 is 14.6 Å². The number of ether oxygens (including phenoxy) is 2. The fourth-order valence-electron chi connectivity index (χ4n) is 2.30. The number of benzene rings is 2. The van der Waals surface area contributed by atoms with E-state index < -0.39 is 23.9 Å². The maximum absolute atomic E-state index is 14.4. The van der Waals surface area contributed by atoms with Gasteiger partial charge in [0.2, 0.25) is 0 Å². The quantitative estimate of drug-likeness (QED) is 0.237. The van der Waals surface area contributed by atoms with Gasteiger partial charge in [-0.1, -0.05) is 31.4 Å². The number of carbonyl (C=O) groups is 1. The Labute approximate surface area is 162 Å². The Kier molecular flexibility index (Phi) is 7.20. The average molecular weight is 388 g/mol. The van der Waals surface area contributed by atoms with Crippen LogP contribution in [-0.4, -0.2) is 24.0 Å². The Morgan fingerprint density at radius 2 is 1.68 bits per heavy atom. The van der Waals surface area contributed by atoms with Gasteiger partial charge in [-0.05, 0) is 60.7 Å². The fraction of sp³-hybridized carbons (Fsp3) is 0.227. The van der Waals surface area contributed by atoms with Crippen molar-refractivity contribution in [2.75, 3.05) is 6.61 Å². The van der Waals surface area contributed by atoms with Gasteiger partial charge in [-0.15, -0.1) is 0 Å². The topological polar surface area (TPSA) is 55.8 Å². The summed E-state index contributed by atoms with van der Waals surface area (Å²) in [7, 11) is 0. The third-order valence-electron chi connectivity index (χ3n) is 3.94. The van der Waals surface area contributed by atoms with E-state index in [2.05, 4.69) is 13.2 Å². The van der Waals surface area contributed by atoms with Crippen LogP contribution < -0.4 is 4.74 Å². The minimum absolute atomic E-state index is 0.127. The lowest BCUT2D eigenvalue weighted by Crippen LogP contribution is -2.14. The summed E-state index contributed by atoms with van der Waals surface area (Å²) in [4.78, 5) is 11.5. The molecule has 0 bridgehead atoms. The van der Waals surface area contributed by atoms with E-state index in [1.54, 1.807) is 19.1 Å². The summed E-state index contributed by atoms with van der Waals surface area (Å²) in [5.74, 6) is -2.15. The molecule has 0 fully saturated rings. The van der Waals surface area contributed by atoms with E-state index >= 15 is 0 Å². The molecule has 2 aromatic rings. The Morgan fingerprint density at radius 3 is 2.21 bits per heavy atom. The van der Waals surface area contributed by atoms with Crippen LogP contribution >= 0.6 is 0 Å². The second-order valence-corrected chi connectivity index (χ2v) is 6.44. The molecule has 0 aliphatic carbocycles. The Bertz CT molecular complexity index is 905. The molecular formula is C22H22F2O4. The third-order valence-corrected chi connectivity index (χ3v) is 3.94. The highest BCUT2D eigenvalue weighted by Gasteiger charge is 2.13. The number of carbonyl (C=O) groups excluding carboxylic acids is 1. The monoisotopic (exact) mass is 388 g/mol. The van der Waals surface area contributed by atoms with Gasteiger partial charge in [0.15, 0.2) is 17.9 Å². The molecule has 0 radical (unpaired) electrons. The number of esters is 1. The normalized spacial score (nSPS) is 11.8. The van der Waals surface area contributed by atoms with Gasteiger partial charge in [0.1, 0.15) is 5.82 Å². The largest absolute Gasteiger partial charge is 0.420 e. The van der Waals surface area contributed by atoms with Crippen LogP contribution in [0.4, 0.5) is 8.78 Å². The molecule has 0 amide bonds. The Balaban J connectivity index is 2.10. The average Bonchev–Trinajstić information content (AvgIpc) is 2.64. The summed E-state index contributed by atoms with van der Waals surface area (Å²) in [5.41, 5.74) is 1.94. The zero-order valence-electron chi connectivity index (χ0n) is 15.8. The van der Waals surface area contributed by atoms with Crippen LogP contribution in [0.5, 0.6) is 5.75 Å². The molecule has 1 N–H and O–H groups in total. The molecule has 2 rings (SSSR count). The number of aliphatic hydroxyl groups is 1. The molecular weight excluding hydrogens is 366 g/mol. The van der Waals surface area contributed by atoms with Gasteiger partial charge in [-0.25, -0.2) is 13.6 Å². The first-order chi connectivity index (χ1) is 13.2. The molecule has 0 aromatic heterocycles. The van der Waals surface area contributed by atoms with E-state index in [-0.39, 0.29) is 24.4 Å². The molecule has 0 heterocycles. The maximum atomic E-state index is 14.4. The second-order valence-electron chi connectivity index (χ2n) is 6.44. The minimum Gasteiger partial charge on any atom is -0.420 e. The lowest BCUT2D eigenvalue weighted by atomic mass is 10.0. The Hall–Kier alpha value is -2.83. The number of aliphatic hydroxyl groups excluding tert-OH is 1. The molecule has 0 aliphatic heterocycles. The van der Waals surface area contributed by atoms with Crippen LogP contribution in [0.2, 0.25) is 0 Å². The first-order valence-corrected chi connectivity index (χ1v) is 8.60. The molecule has 1 unspecified atom stereocenters. The molecule has 0 spiro atoms. The van der Waals surface area contributed by atoms with Gasteiger partial charge >= 0.3 is 5.97 Å². The maximum Gasteiger partial charge on any atom is 0.338 e. The third kappa shape index (κ3) is 5.58. The highest BCUT2D eigenvalue weighted by Crippen LogP contribution is 2.27. The summed E-state index contributed by atoms with van der Waals surface area (Å²) in [5, 5.41) is 9.51. The SMILES string of the molecule is C=C(C)C(=O)Oc1ccc(-c2ccc(CCOC(O)C(=C)C)c(F)c2)cc1F. The van der Waals surface area contributed by atoms with Crippen molar-refractivity contribution in [3.05, 3.63) is 77.9 Å². The molecule has 2 aromatic carbocycles. The molecule has 1 atom stereocenters. The summed E-state index contributed by atoms with van der Waals surface area (Å²) in [6, 6.07) is 8.53. The highest BCUT2D eigenvalue weighted by molar-refractivity contribution is 5.88. The van der Waals surface area contributed by atoms with Crippen molar-refractivity contribution in [1.29, 1.82) is 0 Å². The van der Waals surface area contributed by atoms with Crippen molar-refractivity contribution >= 4 is 5.97 Å². The van der Waals surface area contributed by atoms with E-state index in [9.17, 15) is 18.7 Å². The van der Waals surface area contributed by atoms with Gasteiger partial charge in [-0.3, -0.25) is 0 Å². The number of halogens is 2. The fourth-order valence-corrected chi connectivity index (χ4v) is 2.30. The summed E-state index contributed by atoms with van der Waals surface area (Å²) >= 11 is 0. The number of hydrogen-bond acceptors (Lipinski definition) is 4. The summed E-state index contributed by atoms with van der Waals surface area (Å²) in [6.07, 6.45) is -0.816. The van der Waals surface area contributed by atoms with Crippen molar-refractivity contribution in [3.63, 3.8) is 0 Å². The second kappa shape index (κ2) is 9.39. The first kappa shape index (κ1) is 21.5. The van der Waals surface area contributed by atoms with Crippen molar-refractivity contribution < 1.29 is 28.2 Å². The molecule has 6 heteroatoms. The lowest BCUT2D eigenvalue weighted by molar-refractivity contribution is -0.130. The smallest absolute Gasteiger partial charge is 0.338 e. The van der Waals surface area contributed by atoms with Crippen molar-refractivity contribution in [3.8, 4) is 16.9 Å². The van der Waals surface area contributed by atoms with Crippen LogP contribution in [0.3, 0.4) is 0 Å². The molecule has 0 aliphatic rings. The summed E-state index contributed by atoms with van der Waals surface area (Å²) in [6.45, 7) is 10.2. The van der Waals surface area contributed by atoms with Gasteiger partial charge in [0.25, 0.3) is 0 Å². The standard InChI is InChI=1S/C22H22F2O4/c1-13(2)21(25)27-10-9-15-5-6-16(11-18(15)23)17-7-8-20(19(24)12-17)28-22(26)14(3)4/h5-8,11-12,21,25H,1,3,9-10H2,2,4H3. The summed E-state index contributed by atoms with van der Waals surface area (Å²) < 4.78 is 38.6. The predicted octanol–water partition coefficient (Wildman–Crippen LogP) is 4.57. The van der Waals surface area contributed by atoms with Crippen molar-refractivity contribution in [1.82, 2.24) is 0 Å². The van der Waals surface area contributed by atoms with E-state index in [4.69, 9.17) is 9.47 Å². The lowest BCUT2D eigenvalue weighted by Gasteiger charge is -2.12. The first-order valence-electron chi connectivity index (χ1n) is 8.60. The molecule has 148 valence electrons. The molecule has 28 heavy (non-hydrogen) atoms. The van der Waals surface area contributed by atoms with Crippen LogP contribution in [0.25, 0.3) is 11.1 Å². The van der Waals surface area contributed by atoms with Crippen molar-refractivity contribution in [2.24, 2.45) is 0 Å². The van der Waals surface area contributed by atoms with E-state index in [0.29, 0.717) is 22.3 Å². The zero-order chi connectivity index (χ0) is 20.8. The molecule has 0 saturated carbocycles. The van der Waals surface area contributed by atoms with Gasteiger partial charge in [-0.2, -0.15) is 0 Å². The minimum atomic E-state index is -1.08. The molecule has 0 saturated heterocycles. The highest BCUT2D eigenvalue weighted by atomic mass is 19.1.